The molecule has 1 aliphatic carbocycles. The van der Waals surface area contributed by atoms with Crippen molar-refractivity contribution in [2.24, 2.45) is 5.92 Å². The number of pyridine rings is 2. The lowest BCUT2D eigenvalue weighted by molar-refractivity contribution is 0.195. The quantitative estimate of drug-likeness (QED) is 0.356. The van der Waals surface area contributed by atoms with Crippen LogP contribution in [0, 0.1) is 5.92 Å². The van der Waals surface area contributed by atoms with Gasteiger partial charge in [0.2, 0.25) is 0 Å². The molecule has 1 aromatic carbocycles. The number of nitrogens with zero attached hydrogens (tertiary/aromatic N) is 2. The van der Waals surface area contributed by atoms with Crippen LogP contribution in [-0.2, 0) is 24.2 Å². The van der Waals surface area contributed by atoms with Crippen molar-refractivity contribution in [2.45, 2.75) is 45.2 Å². The van der Waals surface area contributed by atoms with Crippen molar-refractivity contribution in [1.82, 2.24) is 19.9 Å². The summed E-state index contributed by atoms with van der Waals surface area (Å²) in [6.07, 6.45) is 11.3. The maximum Gasteiger partial charge on any atom is 0.260 e. The first-order valence-corrected chi connectivity index (χ1v) is 12.0. The third-order valence-corrected chi connectivity index (χ3v) is 6.85. The van der Waals surface area contributed by atoms with Gasteiger partial charge in [0.25, 0.3) is 5.56 Å². The number of hydrogen-bond acceptors (Lipinski definition) is 4. The summed E-state index contributed by atoms with van der Waals surface area (Å²) in [5.41, 5.74) is 4.52. The molecule has 3 aromatic heterocycles. The van der Waals surface area contributed by atoms with Crippen LogP contribution in [0.1, 0.15) is 42.5 Å². The molecular weight excluding hydrogens is 412 g/mol. The molecular formula is C27H32N4O2. The molecule has 0 atom stereocenters. The van der Waals surface area contributed by atoms with Gasteiger partial charge in [0, 0.05) is 50.1 Å². The number of aryl methyl sites for hydroxylation is 1. The van der Waals surface area contributed by atoms with Gasteiger partial charge in [-0.1, -0.05) is 18.6 Å². The summed E-state index contributed by atoms with van der Waals surface area (Å²) in [7, 11) is 1.71. The Bertz CT molecular complexity index is 1300. The van der Waals surface area contributed by atoms with E-state index >= 15 is 0 Å². The molecule has 0 bridgehead atoms. The van der Waals surface area contributed by atoms with Crippen LogP contribution >= 0.6 is 0 Å². The first kappa shape index (κ1) is 21.9. The Balaban J connectivity index is 1.32. The molecule has 2 N–H and O–H groups in total. The molecule has 4 aromatic rings. The van der Waals surface area contributed by atoms with Gasteiger partial charge < -0.3 is 19.6 Å². The molecule has 3 heterocycles. The summed E-state index contributed by atoms with van der Waals surface area (Å²) in [5, 5.41) is 6.44. The molecule has 33 heavy (non-hydrogen) atoms. The second-order valence-corrected chi connectivity index (χ2v) is 9.25. The lowest BCUT2D eigenvalue weighted by Gasteiger charge is -2.25. The summed E-state index contributed by atoms with van der Waals surface area (Å²) in [6.45, 7) is 3.21. The van der Waals surface area contributed by atoms with Crippen molar-refractivity contribution < 1.29 is 4.74 Å². The zero-order chi connectivity index (χ0) is 22.6. The minimum absolute atomic E-state index is 0.000979. The molecule has 6 nitrogen and oxygen atoms in total. The van der Waals surface area contributed by atoms with Gasteiger partial charge in [0.05, 0.1) is 11.9 Å². The standard InChI is InChI=1S/C27H32N4O2/c1-33-11-3-6-22-15-29-17-25-24(22)9-10-31(27(25)32)18-20-7-8-21-13-23(30-26(21)12-20)16-28-14-19-4-2-5-19/h7-10,12-13,15,17,19,28,30H,2-6,11,14,16,18H2,1H3. The van der Waals surface area contributed by atoms with E-state index in [0.717, 1.165) is 53.9 Å². The minimum Gasteiger partial charge on any atom is -0.385 e. The molecule has 5 rings (SSSR count). The Morgan fingerprint density at radius 2 is 2.09 bits per heavy atom. The lowest BCUT2D eigenvalue weighted by Crippen LogP contribution is -2.26. The number of benzene rings is 1. The van der Waals surface area contributed by atoms with E-state index in [4.69, 9.17) is 4.74 Å². The van der Waals surface area contributed by atoms with Crippen molar-refractivity contribution in [3.8, 4) is 0 Å². The third kappa shape index (κ3) is 4.87. The number of rotatable bonds is 10. The first-order chi connectivity index (χ1) is 16.2. The Hall–Kier alpha value is -2.96. The second kappa shape index (κ2) is 9.89. The fourth-order valence-electron chi connectivity index (χ4n) is 4.73. The fraction of sp³-hybridized carbons (Fsp3) is 0.407. The van der Waals surface area contributed by atoms with Crippen LogP contribution in [0.4, 0.5) is 0 Å². The summed E-state index contributed by atoms with van der Waals surface area (Å²) in [6, 6.07) is 10.7. The molecule has 0 spiro atoms. The van der Waals surface area contributed by atoms with E-state index in [1.165, 1.54) is 30.3 Å². The van der Waals surface area contributed by atoms with Gasteiger partial charge >= 0.3 is 0 Å². The summed E-state index contributed by atoms with van der Waals surface area (Å²) < 4.78 is 6.93. The van der Waals surface area contributed by atoms with Crippen LogP contribution in [0.3, 0.4) is 0 Å². The fourth-order valence-corrected chi connectivity index (χ4v) is 4.73. The zero-order valence-electron chi connectivity index (χ0n) is 19.3. The van der Waals surface area contributed by atoms with Gasteiger partial charge in [-0.25, -0.2) is 0 Å². The Morgan fingerprint density at radius 1 is 1.18 bits per heavy atom. The lowest BCUT2D eigenvalue weighted by atomic mass is 9.85. The molecule has 1 aliphatic rings. The van der Waals surface area contributed by atoms with Gasteiger partial charge in [-0.15, -0.1) is 0 Å². The highest BCUT2D eigenvalue weighted by Crippen LogP contribution is 2.25. The summed E-state index contributed by atoms with van der Waals surface area (Å²) >= 11 is 0. The van der Waals surface area contributed by atoms with E-state index in [0.29, 0.717) is 18.5 Å². The topological polar surface area (TPSA) is 71.9 Å². The molecule has 172 valence electrons. The van der Waals surface area contributed by atoms with E-state index in [-0.39, 0.29) is 5.56 Å². The molecule has 0 unspecified atom stereocenters. The number of hydrogen-bond donors (Lipinski definition) is 2. The van der Waals surface area contributed by atoms with Crippen LogP contribution in [0.15, 0.2) is 53.7 Å². The van der Waals surface area contributed by atoms with Gasteiger partial charge in [0.15, 0.2) is 0 Å². The monoisotopic (exact) mass is 444 g/mol. The van der Waals surface area contributed by atoms with Crippen LogP contribution in [0.5, 0.6) is 0 Å². The van der Waals surface area contributed by atoms with E-state index in [1.54, 1.807) is 17.9 Å². The highest BCUT2D eigenvalue weighted by atomic mass is 16.5. The number of ether oxygens (including phenoxy) is 1. The van der Waals surface area contributed by atoms with E-state index in [2.05, 4.69) is 39.6 Å². The Morgan fingerprint density at radius 3 is 2.91 bits per heavy atom. The van der Waals surface area contributed by atoms with E-state index in [1.807, 2.05) is 18.5 Å². The van der Waals surface area contributed by atoms with Crippen LogP contribution < -0.4 is 10.9 Å². The number of methoxy groups -OCH3 is 1. The van der Waals surface area contributed by atoms with Gasteiger partial charge in [0.1, 0.15) is 0 Å². The SMILES string of the molecule is COCCCc1cncc2c(=O)n(Cc3ccc4cc(CNCC5CCC5)[nH]c4c3)ccc12. The predicted octanol–water partition coefficient (Wildman–Crippen LogP) is 4.39. The smallest absolute Gasteiger partial charge is 0.260 e. The van der Waals surface area contributed by atoms with E-state index in [9.17, 15) is 4.79 Å². The number of aromatic nitrogens is 3. The van der Waals surface area contributed by atoms with Crippen LogP contribution in [0.25, 0.3) is 21.7 Å². The molecule has 1 saturated carbocycles. The molecule has 6 heteroatoms. The van der Waals surface area contributed by atoms with Crippen molar-refractivity contribution in [1.29, 1.82) is 0 Å². The number of fused-ring (bicyclic) bond motifs is 2. The molecule has 0 radical (unpaired) electrons. The minimum atomic E-state index is 0.000979. The van der Waals surface area contributed by atoms with Gasteiger partial charge in [-0.3, -0.25) is 9.78 Å². The number of H-pyrrole nitrogens is 1. The highest BCUT2D eigenvalue weighted by molar-refractivity contribution is 5.84. The molecule has 1 fully saturated rings. The zero-order valence-corrected chi connectivity index (χ0v) is 19.3. The Labute approximate surface area is 194 Å². The Kier molecular flexibility index (Phi) is 6.55. The van der Waals surface area contributed by atoms with Gasteiger partial charge in [-0.05, 0) is 78.2 Å². The molecule has 0 amide bonds. The molecule has 0 saturated heterocycles. The van der Waals surface area contributed by atoms with Crippen LogP contribution in [0.2, 0.25) is 0 Å². The van der Waals surface area contributed by atoms with Crippen molar-refractivity contribution in [3.63, 3.8) is 0 Å². The van der Waals surface area contributed by atoms with Crippen LogP contribution in [-0.4, -0.2) is 34.8 Å². The van der Waals surface area contributed by atoms with Crippen molar-refractivity contribution in [2.75, 3.05) is 20.3 Å². The second-order valence-electron chi connectivity index (χ2n) is 9.25. The van der Waals surface area contributed by atoms with Crippen molar-refractivity contribution in [3.05, 3.63) is 76.1 Å². The average Bonchev–Trinajstić information content (AvgIpc) is 3.20. The number of aromatic amines is 1. The maximum absolute atomic E-state index is 13.2. The molecule has 0 aliphatic heterocycles. The normalized spacial score (nSPS) is 14.2. The number of nitrogens with one attached hydrogen (secondary N) is 2. The third-order valence-electron chi connectivity index (χ3n) is 6.85. The largest absolute Gasteiger partial charge is 0.385 e. The summed E-state index contributed by atoms with van der Waals surface area (Å²) in [4.78, 5) is 21.0. The first-order valence-electron chi connectivity index (χ1n) is 12.0. The van der Waals surface area contributed by atoms with Gasteiger partial charge in [-0.2, -0.15) is 0 Å². The van der Waals surface area contributed by atoms with E-state index < -0.39 is 0 Å². The predicted molar refractivity (Wildman–Crippen MR) is 133 cm³/mol. The maximum atomic E-state index is 13.2. The summed E-state index contributed by atoms with van der Waals surface area (Å²) in [5.74, 6) is 0.859. The van der Waals surface area contributed by atoms with Crippen molar-refractivity contribution >= 4 is 21.7 Å². The highest BCUT2D eigenvalue weighted by Gasteiger charge is 2.16. The average molecular weight is 445 g/mol.